The molecule has 1 aliphatic rings. The molecule has 2 heteroatoms. The highest BCUT2D eigenvalue weighted by Gasteiger charge is 2.35. The first-order valence-electron chi connectivity index (χ1n) is 5.97. The number of methoxy groups -OCH3 is 1. The van der Waals surface area contributed by atoms with Crippen LogP contribution in [0, 0.1) is 6.92 Å². The summed E-state index contributed by atoms with van der Waals surface area (Å²) in [6.07, 6.45) is 3.82. The minimum Gasteiger partial charge on any atom is -0.385 e. The molecule has 1 aromatic rings. The van der Waals surface area contributed by atoms with Crippen molar-refractivity contribution in [3.63, 3.8) is 0 Å². The van der Waals surface area contributed by atoms with Gasteiger partial charge in [0.1, 0.15) is 0 Å². The third-order valence-corrected chi connectivity index (χ3v) is 3.74. The minimum absolute atomic E-state index is 0.323. The number of hydrogen-bond acceptors (Lipinski definition) is 2. The molecule has 88 valence electrons. The van der Waals surface area contributed by atoms with Crippen LogP contribution in [0.3, 0.4) is 0 Å². The van der Waals surface area contributed by atoms with Gasteiger partial charge >= 0.3 is 0 Å². The van der Waals surface area contributed by atoms with Gasteiger partial charge in [0.15, 0.2) is 0 Å². The van der Waals surface area contributed by atoms with Gasteiger partial charge in [0.25, 0.3) is 0 Å². The summed E-state index contributed by atoms with van der Waals surface area (Å²) >= 11 is 0. The highest BCUT2D eigenvalue weighted by molar-refractivity contribution is 5.31. The quantitative estimate of drug-likeness (QED) is 0.830. The molecule has 0 saturated heterocycles. The van der Waals surface area contributed by atoms with Gasteiger partial charge in [-0.05, 0) is 43.7 Å². The average molecular weight is 220 g/mol. The van der Waals surface area contributed by atoms with E-state index in [0.29, 0.717) is 6.10 Å². The molecule has 0 amide bonds. The first-order valence-corrected chi connectivity index (χ1v) is 5.97. The van der Waals surface area contributed by atoms with Crippen LogP contribution in [0.15, 0.2) is 24.3 Å². The fraction of sp³-hybridized carbons (Fsp3) is 0.571. The second-order valence-electron chi connectivity index (χ2n) is 4.78. The molecule has 1 N–H and O–H groups in total. The van der Waals surface area contributed by atoms with E-state index in [1.54, 1.807) is 7.11 Å². The van der Waals surface area contributed by atoms with E-state index < -0.39 is 5.60 Å². The summed E-state index contributed by atoms with van der Waals surface area (Å²) in [5.74, 6) is 0. The van der Waals surface area contributed by atoms with Crippen molar-refractivity contribution in [3.8, 4) is 0 Å². The van der Waals surface area contributed by atoms with Crippen molar-refractivity contribution in [1.82, 2.24) is 0 Å². The Kier molecular flexibility index (Phi) is 3.31. The Morgan fingerprint density at radius 1 is 1.25 bits per heavy atom. The summed E-state index contributed by atoms with van der Waals surface area (Å²) in [5.41, 5.74) is 1.63. The molecule has 0 bridgehead atoms. The third kappa shape index (κ3) is 2.13. The number of rotatable bonds is 2. The molecule has 0 atom stereocenters. The van der Waals surface area contributed by atoms with Gasteiger partial charge in [0, 0.05) is 7.11 Å². The number of aliphatic hydroxyl groups is 1. The first-order chi connectivity index (χ1) is 7.65. The van der Waals surface area contributed by atoms with Crippen LogP contribution in [0.25, 0.3) is 0 Å². The molecule has 1 saturated carbocycles. The SMILES string of the molecule is COC1CCC(O)(c2ccccc2C)CC1. The van der Waals surface area contributed by atoms with E-state index in [2.05, 4.69) is 13.0 Å². The zero-order valence-corrected chi connectivity index (χ0v) is 10.1. The Labute approximate surface area is 97.3 Å². The second-order valence-corrected chi connectivity index (χ2v) is 4.78. The van der Waals surface area contributed by atoms with Crippen LogP contribution in [0.5, 0.6) is 0 Å². The van der Waals surface area contributed by atoms with Gasteiger partial charge in [-0.1, -0.05) is 24.3 Å². The Morgan fingerprint density at radius 3 is 2.44 bits per heavy atom. The molecule has 0 aromatic heterocycles. The molecule has 0 unspecified atom stereocenters. The topological polar surface area (TPSA) is 29.5 Å². The zero-order valence-electron chi connectivity index (χ0n) is 10.1. The average Bonchev–Trinajstić information content (AvgIpc) is 2.30. The van der Waals surface area contributed by atoms with Crippen LogP contribution in [-0.4, -0.2) is 18.3 Å². The van der Waals surface area contributed by atoms with Crippen molar-refractivity contribution < 1.29 is 9.84 Å². The van der Waals surface area contributed by atoms with E-state index in [1.807, 2.05) is 18.2 Å². The molecular weight excluding hydrogens is 200 g/mol. The summed E-state index contributed by atoms with van der Waals surface area (Å²) in [4.78, 5) is 0. The van der Waals surface area contributed by atoms with Crippen molar-refractivity contribution >= 4 is 0 Å². The van der Waals surface area contributed by atoms with Crippen LogP contribution < -0.4 is 0 Å². The third-order valence-electron chi connectivity index (χ3n) is 3.74. The highest BCUT2D eigenvalue weighted by atomic mass is 16.5. The van der Waals surface area contributed by atoms with Gasteiger partial charge in [-0.2, -0.15) is 0 Å². The predicted molar refractivity (Wildman–Crippen MR) is 64.3 cm³/mol. The lowest BCUT2D eigenvalue weighted by Crippen LogP contribution is -2.34. The summed E-state index contributed by atoms with van der Waals surface area (Å²) in [5, 5.41) is 10.7. The van der Waals surface area contributed by atoms with Crippen LogP contribution in [0.2, 0.25) is 0 Å². The van der Waals surface area contributed by atoms with E-state index in [0.717, 1.165) is 31.2 Å². The lowest BCUT2D eigenvalue weighted by Gasteiger charge is -2.36. The van der Waals surface area contributed by atoms with Crippen LogP contribution >= 0.6 is 0 Å². The largest absolute Gasteiger partial charge is 0.385 e. The monoisotopic (exact) mass is 220 g/mol. The van der Waals surface area contributed by atoms with Crippen molar-refractivity contribution in [2.75, 3.05) is 7.11 Å². The lowest BCUT2D eigenvalue weighted by atomic mass is 9.77. The van der Waals surface area contributed by atoms with Crippen molar-refractivity contribution in [1.29, 1.82) is 0 Å². The van der Waals surface area contributed by atoms with Gasteiger partial charge in [-0.3, -0.25) is 0 Å². The number of ether oxygens (including phenoxy) is 1. The van der Waals surface area contributed by atoms with Crippen molar-refractivity contribution in [2.45, 2.75) is 44.3 Å². The lowest BCUT2D eigenvalue weighted by molar-refractivity contribution is -0.0477. The van der Waals surface area contributed by atoms with E-state index in [1.165, 1.54) is 5.56 Å². The van der Waals surface area contributed by atoms with E-state index in [9.17, 15) is 5.11 Å². The van der Waals surface area contributed by atoms with E-state index >= 15 is 0 Å². The minimum atomic E-state index is -0.639. The second kappa shape index (κ2) is 4.56. The number of benzene rings is 1. The number of hydrogen-bond donors (Lipinski definition) is 1. The zero-order chi connectivity index (χ0) is 11.6. The molecule has 1 aliphatic carbocycles. The summed E-state index contributed by atoms with van der Waals surface area (Å²) in [6, 6.07) is 8.13. The molecule has 0 spiro atoms. The molecule has 0 aliphatic heterocycles. The Hall–Kier alpha value is -0.860. The van der Waals surface area contributed by atoms with Gasteiger partial charge in [0.2, 0.25) is 0 Å². The fourth-order valence-electron chi connectivity index (χ4n) is 2.67. The Bertz CT molecular complexity index is 352. The maximum absolute atomic E-state index is 10.7. The van der Waals surface area contributed by atoms with Gasteiger partial charge in [-0.25, -0.2) is 0 Å². The summed E-state index contributed by atoms with van der Waals surface area (Å²) in [6.45, 7) is 2.07. The Balaban J connectivity index is 2.18. The maximum atomic E-state index is 10.7. The summed E-state index contributed by atoms with van der Waals surface area (Å²) in [7, 11) is 1.75. The van der Waals surface area contributed by atoms with Crippen LogP contribution in [0.4, 0.5) is 0 Å². The normalized spacial score (nSPS) is 30.3. The first kappa shape index (κ1) is 11.6. The maximum Gasteiger partial charge on any atom is 0.0901 e. The van der Waals surface area contributed by atoms with Crippen LogP contribution in [-0.2, 0) is 10.3 Å². The molecular formula is C14H20O2. The molecule has 2 nitrogen and oxygen atoms in total. The smallest absolute Gasteiger partial charge is 0.0901 e. The standard InChI is InChI=1S/C14H20O2/c1-11-5-3-4-6-13(11)14(15)9-7-12(16-2)8-10-14/h3-6,12,15H,7-10H2,1-2H3. The van der Waals surface area contributed by atoms with Crippen molar-refractivity contribution in [3.05, 3.63) is 35.4 Å². The Morgan fingerprint density at radius 2 is 1.88 bits per heavy atom. The predicted octanol–water partition coefficient (Wildman–Crippen LogP) is 2.77. The molecule has 2 rings (SSSR count). The van der Waals surface area contributed by atoms with Gasteiger partial charge in [-0.15, -0.1) is 0 Å². The molecule has 16 heavy (non-hydrogen) atoms. The van der Waals surface area contributed by atoms with Crippen LogP contribution in [0.1, 0.15) is 36.8 Å². The number of aryl methyl sites for hydroxylation is 1. The molecule has 0 heterocycles. The molecule has 1 fully saturated rings. The van der Waals surface area contributed by atoms with Crippen molar-refractivity contribution in [2.24, 2.45) is 0 Å². The highest BCUT2D eigenvalue weighted by Crippen LogP contribution is 2.38. The summed E-state index contributed by atoms with van der Waals surface area (Å²) < 4.78 is 5.34. The van der Waals surface area contributed by atoms with E-state index in [-0.39, 0.29) is 0 Å². The molecule has 1 aromatic carbocycles. The fourth-order valence-corrected chi connectivity index (χ4v) is 2.67. The van der Waals surface area contributed by atoms with E-state index in [4.69, 9.17) is 4.74 Å². The molecule has 0 radical (unpaired) electrons. The van der Waals surface area contributed by atoms with Gasteiger partial charge < -0.3 is 9.84 Å². The van der Waals surface area contributed by atoms with Gasteiger partial charge in [0.05, 0.1) is 11.7 Å².